The summed E-state index contributed by atoms with van der Waals surface area (Å²) < 4.78 is 0. The maximum absolute atomic E-state index is 5.98. The summed E-state index contributed by atoms with van der Waals surface area (Å²) in [7, 11) is 0. The van der Waals surface area contributed by atoms with Gasteiger partial charge in [0.25, 0.3) is 0 Å². The fourth-order valence-electron chi connectivity index (χ4n) is 2.21. The van der Waals surface area contributed by atoms with Crippen molar-refractivity contribution in [1.82, 2.24) is 0 Å². The van der Waals surface area contributed by atoms with Crippen LogP contribution in [0.4, 0.5) is 0 Å². The van der Waals surface area contributed by atoms with E-state index in [9.17, 15) is 0 Å². The van der Waals surface area contributed by atoms with E-state index in [2.05, 4.69) is 6.08 Å². The lowest BCUT2D eigenvalue weighted by Crippen LogP contribution is -2.18. The number of fused-ring (bicyclic) bond motifs is 1. The molecule has 0 aromatic rings. The zero-order chi connectivity index (χ0) is 6.17. The topological polar surface area (TPSA) is 0 Å². The average Bonchev–Trinajstić information content (AvgIpc) is 2.61. The summed E-state index contributed by atoms with van der Waals surface area (Å²) >= 11 is 11.8. The number of alkyl halides is 1. The van der Waals surface area contributed by atoms with Gasteiger partial charge >= 0.3 is 0 Å². The van der Waals surface area contributed by atoms with Crippen molar-refractivity contribution in [3.8, 4) is 0 Å². The van der Waals surface area contributed by atoms with E-state index in [0.29, 0.717) is 0 Å². The van der Waals surface area contributed by atoms with Gasteiger partial charge in [-0.05, 0) is 23.7 Å². The Hall–Kier alpha value is 0.320. The van der Waals surface area contributed by atoms with Gasteiger partial charge in [-0.3, -0.25) is 0 Å². The van der Waals surface area contributed by atoms with Crippen LogP contribution in [0.15, 0.2) is 11.1 Å². The maximum Gasteiger partial charge on any atom is 0.0723 e. The first-order valence-electron chi connectivity index (χ1n) is 3.32. The van der Waals surface area contributed by atoms with Crippen molar-refractivity contribution in [2.24, 2.45) is 23.7 Å². The van der Waals surface area contributed by atoms with E-state index in [1.165, 1.54) is 0 Å². The molecule has 4 aliphatic rings. The minimum absolute atomic E-state index is 0.173. The maximum atomic E-state index is 5.98. The summed E-state index contributed by atoms with van der Waals surface area (Å²) in [6.07, 6.45) is 2.15. The predicted octanol–water partition coefficient (Wildman–Crippen LogP) is 2.22. The van der Waals surface area contributed by atoms with Crippen LogP contribution in [0.1, 0.15) is 0 Å². The molecule has 0 aromatic heterocycles. The van der Waals surface area contributed by atoms with Gasteiger partial charge < -0.3 is 0 Å². The van der Waals surface area contributed by atoms with Gasteiger partial charge in [0.1, 0.15) is 0 Å². The first-order valence-corrected chi connectivity index (χ1v) is 4.13. The third-order valence-electron chi connectivity index (χ3n) is 2.89. The van der Waals surface area contributed by atoms with Crippen molar-refractivity contribution < 1.29 is 0 Å². The van der Waals surface area contributed by atoms with Crippen molar-refractivity contribution in [2.45, 2.75) is 5.38 Å². The van der Waals surface area contributed by atoms with Gasteiger partial charge in [-0.2, -0.15) is 0 Å². The van der Waals surface area contributed by atoms with Crippen LogP contribution in [0.5, 0.6) is 0 Å². The molecular formula is C7H6Cl2. The van der Waals surface area contributed by atoms with E-state index < -0.39 is 0 Å². The Kier molecular flexibility index (Phi) is 0.668. The molecule has 4 aliphatic carbocycles. The molecule has 0 aliphatic heterocycles. The van der Waals surface area contributed by atoms with Crippen molar-refractivity contribution in [3.05, 3.63) is 11.1 Å². The summed E-state index contributed by atoms with van der Waals surface area (Å²) in [5.41, 5.74) is 0. The lowest BCUT2D eigenvalue weighted by Gasteiger charge is -2.20. The molecule has 2 unspecified atom stereocenters. The number of hydrogen-bond donors (Lipinski definition) is 0. The van der Waals surface area contributed by atoms with Gasteiger partial charge in [-0.1, -0.05) is 17.7 Å². The van der Waals surface area contributed by atoms with Crippen molar-refractivity contribution >= 4 is 23.2 Å². The molecule has 48 valence electrons. The highest BCUT2D eigenvalue weighted by Crippen LogP contribution is 2.78. The second kappa shape index (κ2) is 1.19. The number of allylic oxidation sites excluding steroid dienone is 2. The molecule has 2 heteroatoms. The molecule has 2 bridgehead atoms. The van der Waals surface area contributed by atoms with Gasteiger partial charge in [-0.25, -0.2) is 0 Å². The second-order valence-electron chi connectivity index (χ2n) is 3.26. The zero-order valence-electron chi connectivity index (χ0n) is 4.72. The van der Waals surface area contributed by atoms with E-state index in [0.717, 1.165) is 28.7 Å². The molecule has 0 amide bonds. The third-order valence-corrected chi connectivity index (χ3v) is 3.89. The summed E-state index contributed by atoms with van der Waals surface area (Å²) in [6.45, 7) is 0. The lowest BCUT2D eigenvalue weighted by atomic mass is 9.95. The van der Waals surface area contributed by atoms with Crippen LogP contribution in [-0.4, -0.2) is 5.38 Å². The fourth-order valence-corrected chi connectivity index (χ4v) is 2.91. The highest BCUT2D eigenvalue weighted by molar-refractivity contribution is 6.38. The van der Waals surface area contributed by atoms with Crippen LogP contribution in [0, 0.1) is 23.7 Å². The fraction of sp³-hybridized carbons (Fsp3) is 0.714. The molecule has 2 fully saturated rings. The summed E-state index contributed by atoms with van der Waals surface area (Å²) in [5, 5.41) is 1.07. The second-order valence-corrected chi connectivity index (χ2v) is 4.17. The quantitative estimate of drug-likeness (QED) is 0.478. The third kappa shape index (κ3) is 0.414. The van der Waals surface area contributed by atoms with E-state index in [1.54, 1.807) is 0 Å². The zero-order valence-corrected chi connectivity index (χ0v) is 6.23. The van der Waals surface area contributed by atoms with Crippen LogP contribution in [-0.2, 0) is 0 Å². The van der Waals surface area contributed by atoms with Gasteiger partial charge in [0, 0.05) is 5.03 Å². The molecule has 0 saturated heterocycles. The Bertz CT molecular complexity index is 199. The van der Waals surface area contributed by atoms with Gasteiger partial charge in [0.15, 0.2) is 0 Å². The van der Waals surface area contributed by atoms with E-state index in [-0.39, 0.29) is 5.38 Å². The monoisotopic (exact) mass is 160 g/mol. The van der Waals surface area contributed by atoms with Gasteiger partial charge in [0.05, 0.1) is 5.38 Å². The molecule has 0 aromatic carbocycles. The molecule has 0 heterocycles. The molecule has 5 atom stereocenters. The molecule has 0 N–H and O–H groups in total. The predicted molar refractivity (Wildman–Crippen MR) is 37.5 cm³/mol. The molecule has 0 spiro atoms. The minimum atomic E-state index is 0.173. The molecule has 2 saturated carbocycles. The molecule has 4 rings (SSSR count). The van der Waals surface area contributed by atoms with E-state index in [1.807, 2.05) is 0 Å². The average molecular weight is 161 g/mol. The molecular weight excluding hydrogens is 155 g/mol. The largest absolute Gasteiger partial charge is 0.117 e. The Morgan fingerprint density at radius 2 is 1.89 bits per heavy atom. The normalized spacial score (nSPS) is 66.4. The summed E-state index contributed by atoms with van der Waals surface area (Å²) in [4.78, 5) is 0. The van der Waals surface area contributed by atoms with Crippen LogP contribution < -0.4 is 0 Å². The van der Waals surface area contributed by atoms with Crippen molar-refractivity contribution in [3.63, 3.8) is 0 Å². The standard InChI is InChI=1S/C7H6Cl2/c8-3-1-2-4-5(2)6(4)7(3)9/h1-2,4-7H/t2?,4-,5+,6?,7-/m1/s1. The Balaban J connectivity index is 2.04. The summed E-state index contributed by atoms with van der Waals surface area (Å²) in [6, 6.07) is 0. The van der Waals surface area contributed by atoms with Gasteiger partial charge in [0.2, 0.25) is 0 Å². The SMILES string of the molecule is ClC1=CC2[C@@H]3C([C@H]23)[C@@H]1Cl. The van der Waals surface area contributed by atoms with Crippen LogP contribution in [0.2, 0.25) is 0 Å². The van der Waals surface area contributed by atoms with E-state index >= 15 is 0 Å². The molecule has 0 nitrogen and oxygen atoms in total. The highest BCUT2D eigenvalue weighted by atomic mass is 35.5. The van der Waals surface area contributed by atoms with E-state index in [4.69, 9.17) is 23.2 Å². The highest BCUT2D eigenvalue weighted by Gasteiger charge is 2.76. The van der Waals surface area contributed by atoms with Crippen molar-refractivity contribution in [1.29, 1.82) is 0 Å². The van der Waals surface area contributed by atoms with Gasteiger partial charge in [-0.15, -0.1) is 11.6 Å². The summed E-state index contributed by atoms with van der Waals surface area (Å²) in [5.74, 6) is 3.52. The Labute approximate surface area is 63.8 Å². The first-order chi connectivity index (χ1) is 4.30. The Morgan fingerprint density at radius 3 is 2.33 bits per heavy atom. The number of rotatable bonds is 0. The lowest BCUT2D eigenvalue weighted by molar-refractivity contribution is 0.516. The van der Waals surface area contributed by atoms with Crippen LogP contribution in [0.25, 0.3) is 0 Å². The number of hydrogen-bond acceptors (Lipinski definition) is 0. The van der Waals surface area contributed by atoms with Crippen LogP contribution in [0.3, 0.4) is 0 Å². The molecule has 9 heavy (non-hydrogen) atoms. The minimum Gasteiger partial charge on any atom is -0.117 e. The Morgan fingerprint density at radius 1 is 1.22 bits per heavy atom. The van der Waals surface area contributed by atoms with Crippen molar-refractivity contribution in [2.75, 3.05) is 0 Å². The van der Waals surface area contributed by atoms with Crippen LogP contribution >= 0.6 is 23.2 Å². The smallest absolute Gasteiger partial charge is 0.0723 e. The first kappa shape index (κ1) is 5.03. The number of halogens is 2. The molecule has 0 radical (unpaired) electrons.